The molecule has 0 spiro atoms. The van der Waals surface area contributed by atoms with Crippen LogP contribution in [0.15, 0.2) is 11.6 Å². The average Bonchev–Trinajstić information content (AvgIpc) is 2.71. The van der Waals surface area contributed by atoms with E-state index in [1.54, 1.807) is 0 Å². The predicted octanol–water partition coefficient (Wildman–Crippen LogP) is 1.76. The van der Waals surface area contributed by atoms with Gasteiger partial charge in [-0.1, -0.05) is 19.9 Å². The summed E-state index contributed by atoms with van der Waals surface area (Å²) in [6.45, 7) is 5.72. The molecule has 2 aliphatic rings. The number of carbonyl (C=O) groups is 1. The molecule has 2 rings (SSSR count). The number of aliphatic hydroxyl groups excluding tert-OH is 2. The highest BCUT2D eigenvalue weighted by Crippen LogP contribution is 2.59. The van der Waals surface area contributed by atoms with Crippen molar-refractivity contribution in [3.8, 4) is 0 Å². The first-order chi connectivity index (χ1) is 8.29. The Morgan fingerprint density at radius 2 is 2.11 bits per heavy atom. The Morgan fingerprint density at radius 3 is 2.61 bits per heavy atom. The minimum atomic E-state index is -0.811. The maximum absolute atomic E-state index is 12.2. The second-order valence-corrected chi connectivity index (χ2v) is 6.70. The zero-order valence-electron chi connectivity index (χ0n) is 11.1. The maximum atomic E-state index is 12.2. The summed E-state index contributed by atoms with van der Waals surface area (Å²) < 4.78 is 0. The monoisotopic (exact) mass is 272 g/mol. The molecule has 0 amide bonds. The Kier molecular flexibility index (Phi) is 3.37. The maximum Gasteiger partial charge on any atom is 0.157 e. The summed E-state index contributed by atoms with van der Waals surface area (Å²) in [7, 11) is 0. The first kappa shape index (κ1) is 14.0. The highest BCUT2D eigenvalue weighted by molar-refractivity contribution is 6.28. The number of rotatable bonds is 3. The molecule has 2 N–H and O–H groups in total. The Labute approximate surface area is 113 Å². The SMILES string of the molecule is CC1(C)CC2C=C(CO)C(C)(C(=O)CCl)C2C1O. The smallest absolute Gasteiger partial charge is 0.157 e. The number of fused-ring (bicyclic) bond motifs is 1. The van der Waals surface area contributed by atoms with Crippen molar-refractivity contribution in [3.05, 3.63) is 11.6 Å². The van der Waals surface area contributed by atoms with Gasteiger partial charge in [0.1, 0.15) is 0 Å². The van der Waals surface area contributed by atoms with E-state index in [1.165, 1.54) is 0 Å². The van der Waals surface area contributed by atoms with Crippen molar-refractivity contribution in [2.24, 2.45) is 22.7 Å². The van der Waals surface area contributed by atoms with E-state index in [1.807, 2.05) is 26.8 Å². The number of halogens is 1. The number of carbonyl (C=O) groups excluding carboxylic acids is 1. The molecule has 0 aromatic rings. The Bertz CT molecular complexity index is 402. The Hall–Kier alpha value is -0.380. The molecule has 1 saturated carbocycles. The molecule has 0 aliphatic heterocycles. The van der Waals surface area contributed by atoms with E-state index >= 15 is 0 Å². The van der Waals surface area contributed by atoms with Gasteiger partial charge in [0.05, 0.1) is 24.0 Å². The molecule has 0 heterocycles. The summed E-state index contributed by atoms with van der Waals surface area (Å²) in [5.41, 5.74) is -0.285. The van der Waals surface area contributed by atoms with Crippen LogP contribution in [0.2, 0.25) is 0 Å². The van der Waals surface area contributed by atoms with Crippen LogP contribution in [0.5, 0.6) is 0 Å². The van der Waals surface area contributed by atoms with Gasteiger partial charge in [-0.25, -0.2) is 0 Å². The van der Waals surface area contributed by atoms with Gasteiger partial charge >= 0.3 is 0 Å². The van der Waals surface area contributed by atoms with E-state index in [2.05, 4.69) is 0 Å². The van der Waals surface area contributed by atoms with E-state index in [4.69, 9.17) is 11.6 Å². The fraction of sp³-hybridized carbons (Fsp3) is 0.786. The van der Waals surface area contributed by atoms with E-state index < -0.39 is 11.5 Å². The predicted molar refractivity (Wildman–Crippen MR) is 70.4 cm³/mol. The summed E-state index contributed by atoms with van der Waals surface area (Å²) in [5, 5.41) is 20.0. The van der Waals surface area contributed by atoms with Crippen LogP contribution in [-0.4, -0.2) is 34.6 Å². The number of hydrogen-bond acceptors (Lipinski definition) is 3. The Balaban J connectivity index is 2.45. The number of hydrogen-bond donors (Lipinski definition) is 2. The lowest BCUT2D eigenvalue weighted by molar-refractivity contribution is -0.129. The third kappa shape index (κ3) is 1.68. The molecule has 0 radical (unpaired) electrons. The third-order valence-corrected chi connectivity index (χ3v) is 5.23. The average molecular weight is 273 g/mol. The van der Waals surface area contributed by atoms with E-state index in [9.17, 15) is 15.0 Å². The van der Waals surface area contributed by atoms with Crippen molar-refractivity contribution in [3.63, 3.8) is 0 Å². The zero-order valence-corrected chi connectivity index (χ0v) is 11.9. The molecular weight excluding hydrogens is 252 g/mol. The number of Topliss-reactive ketones (excluding diaryl/α,β-unsaturated/α-hetero) is 1. The van der Waals surface area contributed by atoms with Gasteiger partial charge in [-0.3, -0.25) is 4.79 Å². The summed E-state index contributed by atoms with van der Waals surface area (Å²) in [5.74, 6) is -0.173. The first-order valence-electron chi connectivity index (χ1n) is 6.38. The van der Waals surface area contributed by atoms with Crippen molar-refractivity contribution in [1.29, 1.82) is 0 Å². The molecule has 102 valence electrons. The quantitative estimate of drug-likeness (QED) is 0.608. The minimum absolute atomic E-state index is 0.0792. The van der Waals surface area contributed by atoms with E-state index in [0.29, 0.717) is 0 Å². The van der Waals surface area contributed by atoms with Crippen molar-refractivity contribution >= 4 is 17.4 Å². The lowest BCUT2D eigenvalue weighted by Crippen LogP contribution is -2.44. The normalized spacial score (nSPS) is 41.7. The van der Waals surface area contributed by atoms with Crippen molar-refractivity contribution < 1.29 is 15.0 Å². The second-order valence-electron chi connectivity index (χ2n) is 6.44. The van der Waals surface area contributed by atoms with Gasteiger partial charge in [-0.15, -0.1) is 11.6 Å². The van der Waals surface area contributed by atoms with Crippen LogP contribution in [0.4, 0.5) is 0 Å². The summed E-state index contributed by atoms with van der Waals surface area (Å²) in [6.07, 6.45) is 2.28. The van der Waals surface area contributed by atoms with Gasteiger partial charge in [-0.05, 0) is 30.3 Å². The van der Waals surface area contributed by atoms with Gasteiger partial charge in [0.15, 0.2) is 5.78 Å². The van der Waals surface area contributed by atoms with Crippen LogP contribution in [0.3, 0.4) is 0 Å². The van der Waals surface area contributed by atoms with Gasteiger partial charge in [0.25, 0.3) is 0 Å². The highest BCUT2D eigenvalue weighted by Gasteiger charge is 2.60. The topological polar surface area (TPSA) is 57.5 Å². The number of aliphatic hydroxyl groups is 2. The van der Waals surface area contributed by atoms with Gasteiger partial charge < -0.3 is 10.2 Å². The molecular formula is C14H21ClO3. The summed E-state index contributed by atoms with van der Waals surface area (Å²) >= 11 is 5.71. The summed E-state index contributed by atoms with van der Waals surface area (Å²) in [6, 6.07) is 0. The van der Waals surface area contributed by atoms with Crippen LogP contribution >= 0.6 is 11.6 Å². The molecule has 1 fully saturated rings. The third-order valence-electron chi connectivity index (χ3n) is 4.98. The van der Waals surface area contributed by atoms with Crippen molar-refractivity contribution in [2.45, 2.75) is 33.3 Å². The largest absolute Gasteiger partial charge is 0.392 e. The van der Waals surface area contributed by atoms with Crippen molar-refractivity contribution in [2.75, 3.05) is 12.5 Å². The van der Waals surface area contributed by atoms with Crippen LogP contribution in [0.25, 0.3) is 0 Å². The first-order valence-corrected chi connectivity index (χ1v) is 6.92. The molecule has 0 saturated heterocycles. The highest BCUT2D eigenvalue weighted by atomic mass is 35.5. The lowest BCUT2D eigenvalue weighted by Gasteiger charge is -2.37. The number of alkyl halides is 1. The van der Waals surface area contributed by atoms with Crippen LogP contribution in [0.1, 0.15) is 27.2 Å². The van der Waals surface area contributed by atoms with Gasteiger partial charge in [0, 0.05) is 5.92 Å². The zero-order chi connectivity index (χ0) is 13.7. The number of ketones is 1. The molecule has 4 atom stereocenters. The molecule has 4 unspecified atom stereocenters. The standard InChI is InChI=1S/C14H21ClO3/c1-13(2)5-8-4-9(7-16)14(3,10(17)6-15)11(8)12(13)18/h4,8,11-12,16,18H,5-7H2,1-3H3. The molecule has 0 bridgehead atoms. The van der Waals surface area contributed by atoms with Gasteiger partial charge in [-0.2, -0.15) is 0 Å². The van der Waals surface area contributed by atoms with Crippen molar-refractivity contribution in [1.82, 2.24) is 0 Å². The molecule has 3 nitrogen and oxygen atoms in total. The fourth-order valence-electron chi connectivity index (χ4n) is 3.85. The van der Waals surface area contributed by atoms with Crippen LogP contribution in [0, 0.1) is 22.7 Å². The molecule has 0 aromatic heterocycles. The Morgan fingerprint density at radius 1 is 1.50 bits per heavy atom. The number of allylic oxidation sites excluding steroid dienone is 1. The molecule has 0 aromatic carbocycles. The molecule has 18 heavy (non-hydrogen) atoms. The van der Waals surface area contributed by atoms with Gasteiger partial charge in [0.2, 0.25) is 0 Å². The van der Waals surface area contributed by atoms with E-state index in [0.717, 1.165) is 12.0 Å². The van der Waals surface area contributed by atoms with Crippen LogP contribution in [-0.2, 0) is 4.79 Å². The minimum Gasteiger partial charge on any atom is -0.392 e. The van der Waals surface area contributed by atoms with Crippen LogP contribution < -0.4 is 0 Å². The molecule has 4 heteroatoms. The summed E-state index contributed by atoms with van der Waals surface area (Å²) in [4.78, 5) is 12.2. The second kappa shape index (κ2) is 4.32. The fourth-order valence-corrected chi connectivity index (χ4v) is 4.13. The molecule has 2 aliphatic carbocycles. The lowest BCUT2D eigenvalue weighted by atomic mass is 9.68. The van der Waals surface area contributed by atoms with E-state index in [-0.39, 0.29) is 35.5 Å².